The molecule has 1 saturated carbocycles. The van der Waals surface area contributed by atoms with E-state index in [4.69, 9.17) is 14.2 Å². The third-order valence-corrected chi connectivity index (χ3v) is 4.66. The van der Waals surface area contributed by atoms with Crippen molar-refractivity contribution in [1.29, 1.82) is 0 Å². The highest BCUT2D eigenvalue weighted by molar-refractivity contribution is 5.79. The molecule has 0 radical (unpaired) electrons. The van der Waals surface area contributed by atoms with Gasteiger partial charge < -0.3 is 19.5 Å². The zero-order valence-corrected chi connectivity index (χ0v) is 14.4. The SMILES string of the molecule is O=C(Cc1ccc2c(c1)OCO2)NC1CCC(Oc2ncccn2)CC1. The number of benzene rings is 1. The summed E-state index contributed by atoms with van der Waals surface area (Å²) in [4.78, 5) is 20.5. The van der Waals surface area contributed by atoms with Crippen LogP contribution in [0.4, 0.5) is 0 Å². The smallest absolute Gasteiger partial charge is 0.316 e. The Labute approximate surface area is 151 Å². The number of aromatic nitrogens is 2. The van der Waals surface area contributed by atoms with Crippen LogP contribution in [-0.4, -0.2) is 34.8 Å². The molecule has 26 heavy (non-hydrogen) atoms. The van der Waals surface area contributed by atoms with E-state index in [9.17, 15) is 4.79 Å². The van der Waals surface area contributed by atoms with E-state index < -0.39 is 0 Å². The van der Waals surface area contributed by atoms with Gasteiger partial charge in [-0.25, -0.2) is 9.97 Å². The number of fused-ring (bicyclic) bond motifs is 1. The molecule has 0 saturated heterocycles. The summed E-state index contributed by atoms with van der Waals surface area (Å²) in [6.07, 6.45) is 7.34. The Kier molecular flexibility index (Phi) is 4.86. The number of hydrogen-bond acceptors (Lipinski definition) is 6. The Hall–Kier alpha value is -2.83. The van der Waals surface area contributed by atoms with Gasteiger partial charge in [-0.1, -0.05) is 6.07 Å². The van der Waals surface area contributed by atoms with Gasteiger partial charge in [-0.2, -0.15) is 0 Å². The third-order valence-electron chi connectivity index (χ3n) is 4.66. The Morgan fingerprint density at radius 3 is 2.69 bits per heavy atom. The van der Waals surface area contributed by atoms with Gasteiger partial charge >= 0.3 is 6.01 Å². The zero-order valence-electron chi connectivity index (χ0n) is 14.4. The van der Waals surface area contributed by atoms with E-state index >= 15 is 0 Å². The first-order chi connectivity index (χ1) is 12.8. The molecule has 0 bridgehead atoms. The van der Waals surface area contributed by atoms with Crippen molar-refractivity contribution in [2.24, 2.45) is 0 Å². The summed E-state index contributed by atoms with van der Waals surface area (Å²) in [5, 5.41) is 3.12. The number of amides is 1. The summed E-state index contributed by atoms with van der Waals surface area (Å²) >= 11 is 0. The average Bonchev–Trinajstić information content (AvgIpc) is 3.12. The van der Waals surface area contributed by atoms with Gasteiger partial charge in [0, 0.05) is 18.4 Å². The highest BCUT2D eigenvalue weighted by Crippen LogP contribution is 2.32. The Morgan fingerprint density at radius 1 is 1.12 bits per heavy atom. The molecular formula is C19H21N3O4. The maximum absolute atomic E-state index is 12.3. The van der Waals surface area contributed by atoms with Gasteiger partial charge in [0.1, 0.15) is 6.10 Å². The fourth-order valence-corrected chi connectivity index (χ4v) is 3.34. The number of nitrogens with one attached hydrogen (secondary N) is 1. The topological polar surface area (TPSA) is 82.6 Å². The van der Waals surface area contributed by atoms with Crippen molar-refractivity contribution in [3.63, 3.8) is 0 Å². The van der Waals surface area contributed by atoms with Crippen LogP contribution in [0.2, 0.25) is 0 Å². The quantitative estimate of drug-likeness (QED) is 0.886. The van der Waals surface area contributed by atoms with Crippen LogP contribution in [0.3, 0.4) is 0 Å². The minimum Gasteiger partial charge on any atom is -0.460 e. The fourth-order valence-electron chi connectivity index (χ4n) is 3.34. The number of hydrogen-bond donors (Lipinski definition) is 1. The highest BCUT2D eigenvalue weighted by Gasteiger charge is 2.24. The molecule has 1 N–H and O–H groups in total. The molecule has 1 fully saturated rings. The number of ether oxygens (including phenoxy) is 3. The minimum absolute atomic E-state index is 0.0274. The normalized spacial score (nSPS) is 21.2. The molecule has 1 amide bonds. The molecule has 1 aliphatic heterocycles. The molecule has 2 aromatic rings. The van der Waals surface area contributed by atoms with Crippen molar-refractivity contribution in [3.8, 4) is 17.5 Å². The predicted molar refractivity (Wildman–Crippen MR) is 93.1 cm³/mol. The van der Waals surface area contributed by atoms with E-state index in [1.807, 2.05) is 18.2 Å². The Bertz CT molecular complexity index is 761. The van der Waals surface area contributed by atoms with Crippen LogP contribution in [0, 0.1) is 0 Å². The Morgan fingerprint density at radius 2 is 1.88 bits per heavy atom. The molecule has 1 aromatic heterocycles. The average molecular weight is 355 g/mol. The van der Waals surface area contributed by atoms with Gasteiger partial charge in [0.2, 0.25) is 12.7 Å². The minimum atomic E-state index is 0.0274. The number of carbonyl (C=O) groups is 1. The lowest BCUT2D eigenvalue weighted by Gasteiger charge is -2.28. The molecule has 0 atom stereocenters. The van der Waals surface area contributed by atoms with Gasteiger partial charge in [0.25, 0.3) is 0 Å². The maximum Gasteiger partial charge on any atom is 0.316 e. The summed E-state index contributed by atoms with van der Waals surface area (Å²) < 4.78 is 16.4. The summed E-state index contributed by atoms with van der Waals surface area (Å²) in [6.45, 7) is 0.240. The van der Waals surface area contributed by atoms with Crippen molar-refractivity contribution in [3.05, 3.63) is 42.2 Å². The van der Waals surface area contributed by atoms with Crippen LogP contribution >= 0.6 is 0 Å². The van der Waals surface area contributed by atoms with Crippen LogP contribution in [0.5, 0.6) is 17.5 Å². The molecule has 2 heterocycles. The summed E-state index contributed by atoms with van der Waals surface area (Å²) in [5.74, 6) is 1.46. The first-order valence-corrected chi connectivity index (χ1v) is 8.88. The molecule has 4 rings (SSSR count). The number of carbonyl (C=O) groups excluding carboxylic acids is 1. The number of nitrogens with zero attached hydrogens (tertiary/aromatic N) is 2. The summed E-state index contributed by atoms with van der Waals surface area (Å²) in [5.41, 5.74) is 0.921. The number of rotatable bonds is 5. The standard InChI is InChI=1S/C19H21N3O4/c23-18(11-13-2-7-16-17(10-13)25-12-24-16)22-14-3-5-15(6-4-14)26-19-20-8-1-9-21-19/h1-2,7-10,14-15H,3-6,11-12H2,(H,22,23). The molecule has 7 nitrogen and oxygen atoms in total. The largest absolute Gasteiger partial charge is 0.460 e. The highest BCUT2D eigenvalue weighted by atomic mass is 16.7. The van der Waals surface area contributed by atoms with Crippen molar-refractivity contribution < 1.29 is 19.0 Å². The van der Waals surface area contributed by atoms with Crippen LogP contribution in [0.1, 0.15) is 31.2 Å². The molecule has 0 unspecified atom stereocenters. The van der Waals surface area contributed by atoms with E-state index in [-0.39, 0.29) is 24.8 Å². The van der Waals surface area contributed by atoms with Gasteiger partial charge in [-0.3, -0.25) is 4.79 Å². The molecule has 1 aliphatic carbocycles. The van der Waals surface area contributed by atoms with E-state index in [1.54, 1.807) is 18.5 Å². The second-order valence-electron chi connectivity index (χ2n) is 6.55. The van der Waals surface area contributed by atoms with Crippen molar-refractivity contribution >= 4 is 5.91 Å². The van der Waals surface area contributed by atoms with Crippen LogP contribution < -0.4 is 19.5 Å². The van der Waals surface area contributed by atoms with Crippen LogP contribution in [-0.2, 0) is 11.2 Å². The van der Waals surface area contributed by atoms with Crippen LogP contribution in [0.25, 0.3) is 0 Å². The Balaban J connectivity index is 1.23. The van der Waals surface area contributed by atoms with E-state index in [2.05, 4.69) is 15.3 Å². The van der Waals surface area contributed by atoms with Crippen molar-refractivity contribution in [2.75, 3.05) is 6.79 Å². The van der Waals surface area contributed by atoms with Crippen molar-refractivity contribution in [2.45, 2.75) is 44.2 Å². The lowest BCUT2D eigenvalue weighted by Crippen LogP contribution is -2.40. The van der Waals surface area contributed by atoms with Crippen molar-refractivity contribution in [1.82, 2.24) is 15.3 Å². The molecule has 2 aliphatic rings. The van der Waals surface area contributed by atoms with Gasteiger partial charge in [0.05, 0.1) is 6.42 Å². The van der Waals surface area contributed by atoms with E-state index in [1.165, 1.54) is 0 Å². The summed E-state index contributed by atoms with van der Waals surface area (Å²) in [7, 11) is 0. The van der Waals surface area contributed by atoms with Gasteiger partial charge in [-0.05, 0) is 49.4 Å². The second-order valence-corrected chi connectivity index (χ2v) is 6.55. The lowest BCUT2D eigenvalue weighted by atomic mass is 9.93. The molecular weight excluding hydrogens is 334 g/mol. The first kappa shape index (κ1) is 16.6. The monoisotopic (exact) mass is 355 g/mol. The molecule has 0 spiro atoms. The van der Waals surface area contributed by atoms with Crippen LogP contribution in [0.15, 0.2) is 36.7 Å². The molecule has 1 aromatic carbocycles. The molecule has 7 heteroatoms. The van der Waals surface area contributed by atoms with Gasteiger partial charge in [0.15, 0.2) is 11.5 Å². The predicted octanol–water partition coefficient (Wildman–Crippen LogP) is 2.25. The molecule has 136 valence electrons. The van der Waals surface area contributed by atoms with E-state index in [0.717, 1.165) is 37.0 Å². The van der Waals surface area contributed by atoms with E-state index in [0.29, 0.717) is 18.2 Å². The zero-order chi connectivity index (χ0) is 17.8. The van der Waals surface area contributed by atoms with Gasteiger partial charge in [-0.15, -0.1) is 0 Å². The maximum atomic E-state index is 12.3. The third kappa shape index (κ3) is 4.04. The second kappa shape index (κ2) is 7.59. The lowest BCUT2D eigenvalue weighted by molar-refractivity contribution is -0.121. The summed E-state index contributed by atoms with van der Waals surface area (Å²) in [6, 6.07) is 7.99. The first-order valence-electron chi connectivity index (χ1n) is 8.88. The fraction of sp³-hybridized carbons (Fsp3) is 0.421.